The number of rotatable bonds is 5. The Morgan fingerprint density at radius 2 is 1.83 bits per heavy atom. The highest BCUT2D eigenvalue weighted by atomic mass is 32.2. The second-order valence-electron chi connectivity index (χ2n) is 4.84. The predicted molar refractivity (Wildman–Crippen MR) is 86.9 cm³/mol. The predicted octanol–water partition coefficient (Wildman–Crippen LogP) is 2.35. The van der Waals surface area contributed by atoms with Gasteiger partial charge in [-0.25, -0.2) is 8.42 Å². The molecule has 0 aliphatic carbocycles. The number of hydrogen-bond donors (Lipinski definition) is 2. The van der Waals surface area contributed by atoms with Crippen molar-refractivity contribution in [3.05, 3.63) is 58.1 Å². The minimum atomic E-state index is -3.47. The van der Waals surface area contributed by atoms with E-state index in [9.17, 15) is 28.4 Å². The largest absolute Gasteiger partial charge is 0.506 e. The van der Waals surface area contributed by atoms with Gasteiger partial charge in [0.15, 0.2) is 9.84 Å². The zero-order chi connectivity index (χ0) is 17.9. The summed E-state index contributed by atoms with van der Waals surface area (Å²) in [5.41, 5.74) is 0.0437. The van der Waals surface area contributed by atoms with Gasteiger partial charge in [-0.1, -0.05) is 6.92 Å². The SMILES string of the molecule is CCS(=O)(=O)c1ccc(NC(=O)c2ccc([N+](=O)[O-])cc2)c(O)c1. The lowest BCUT2D eigenvalue weighted by Gasteiger charge is -2.09. The molecule has 126 valence electrons. The van der Waals surface area contributed by atoms with Gasteiger partial charge < -0.3 is 10.4 Å². The fourth-order valence-electron chi connectivity index (χ4n) is 1.91. The summed E-state index contributed by atoms with van der Waals surface area (Å²) < 4.78 is 23.5. The number of aromatic hydroxyl groups is 1. The summed E-state index contributed by atoms with van der Waals surface area (Å²) in [6.07, 6.45) is 0. The van der Waals surface area contributed by atoms with Gasteiger partial charge in [-0.05, 0) is 24.3 Å². The standard InChI is InChI=1S/C15H14N2O6S/c1-2-24(22,23)12-7-8-13(14(18)9-12)16-15(19)10-3-5-11(6-4-10)17(20)21/h3-9,18H,2H2,1H3,(H,16,19). The molecule has 1 amide bonds. The molecule has 0 aliphatic rings. The lowest BCUT2D eigenvalue weighted by molar-refractivity contribution is -0.384. The van der Waals surface area contributed by atoms with Gasteiger partial charge in [-0.15, -0.1) is 0 Å². The number of phenols is 1. The van der Waals surface area contributed by atoms with E-state index in [0.29, 0.717) is 0 Å². The van der Waals surface area contributed by atoms with Crippen LogP contribution in [0.15, 0.2) is 47.4 Å². The number of carbonyl (C=O) groups is 1. The summed E-state index contributed by atoms with van der Waals surface area (Å²) in [6, 6.07) is 8.55. The van der Waals surface area contributed by atoms with Gasteiger partial charge in [0, 0.05) is 23.8 Å². The van der Waals surface area contributed by atoms with E-state index in [1.165, 1.54) is 43.3 Å². The van der Waals surface area contributed by atoms with Crippen molar-refractivity contribution in [3.8, 4) is 5.75 Å². The zero-order valence-corrected chi connectivity index (χ0v) is 13.4. The van der Waals surface area contributed by atoms with E-state index in [4.69, 9.17) is 0 Å². The van der Waals surface area contributed by atoms with E-state index >= 15 is 0 Å². The first kappa shape index (κ1) is 17.4. The Bertz CT molecular complexity index is 891. The summed E-state index contributed by atoms with van der Waals surface area (Å²) in [7, 11) is -3.47. The molecule has 2 rings (SSSR count). The molecule has 2 N–H and O–H groups in total. The number of phenolic OH excluding ortho intramolecular Hbond substituents is 1. The van der Waals surface area contributed by atoms with Crippen LogP contribution in [0.2, 0.25) is 0 Å². The van der Waals surface area contributed by atoms with E-state index in [2.05, 4.69) is 5.32 Å². The van der Waals surface area contributed by atoms with Crippen molar-refractivity contribution in [1.82, 2.24) is 0 Å². The highest BCUT2D eigenvalue weighted by molar-refractivity contribution is 7.91. The number of hydrogen-bond acceptors (Lipinski definition) is 6. The van der Waals surface area contributed by atoms with Crippen LogP contribution in [-0.2, 0) is 9.84 Å². The molecule has 8 nitrogen and oxygen atoms in total. The van der Waals surface area contributed by atoms with E-state index < -0.39 is 20.7 Å². The molecule has 0 saturated carbocycles. The number of sulfone groups is 1. The Labute approximate surface area is 137 Å². The maximum absolute atomic E-state index is 12.1. The molecule has 0 aromatic heterocycles. The third-order valence-electron chi connectivity index (χ3n) is 3.30. The summed E-state index contributed by atoms with van der Waals surface area (Å²) in [5.74, 6) is -1.09. The van der Waals surface area contributed by atoms with Gasteiger partial charge >= 0.3 is 0 Å². The van der Waals surface area contributed by atoms with Crippen LogP contribution < -0.4 is 5.32 Å². The van der Waals surface area contributed by atoms with Crippen LogP contribution in [0.1, 0.15) is 17.3 Å². The van der Waals surface area contributed by atoms with Crippen molar-refractivity contribution in [2.24, 2.45) is 0 Å². The van der Waals surface area contributed by atoms with E-state index in [1.807, 2.05) is 0 Å². The summed E-state index contributed by atoms with van der Waals surface area (Å²) >= 11 is 0. The van der Waals surface area contributed by atoms with Crippen LogP contribution in [0.4, 0.5) is 11.4 Å². The number of non-ortho nitro benzene ring substituents is 1. The Balaban J connectivity index is 2.21. The quantitative estimate of drug-likeness (QED) is 0.484. The minimum absolute atomic E-state index is 0.0356. The van der Waals surface area contributed by atoms with E-state index in [1.54, 1.807) is 0 Å². The number of anilines is 1. The van der Waals surface area contributed by atoms with Crippen molar-refractivity contribution < 1.29 is 23.2 Å². The highest BCUT2D eigenvalue weighted by Gasteiger charge is 2.16. The number of nitro benzene ring substituents is 1. The first-order chi connectivity index (χ1) is 11.2. The molecule has 0 radical (unpaired) electrons. The molecule has 0 bridgehead atoms. The monoisotopic (exact) mass is 350 g/mol. The average Bonchev–Trinajstić information content (AvgIpc) is 2.56. The number of nitrogens with one attached hydrogen (secondary N) is 1. The number of benzene rings is 2. The molecule has 0 unspecified atom stereocenters. The van der Waals surface area contributed by atoms with Crippen LogP contribution in [0.5, 0.6) is 5.75 Å². The molecule has 0 atom stereocenters. The van der Waals surface area contributed by atoms with Gasteiger partial charge in [0.2, 0.25) is 0 Å². The van der Waals surface area contributed by atoms with Crippen molar-refractivity contribution >= 4 is 27.1 Å². The average molecular weight is 350 g/mol. The van der Waals surface area contributed by atoms with Gasteiger partial charge in [0.25, 0.3) is 11.6 Å². The Morgan fingerprint density at radius 1 is 1.21 bits per heavy atom. The van der Waals surface area contributed by atoms with Gasteiger partial charge in [0.1, 0.15) is 5.75 Å². The van der Waals surface area contributed by atoms with Gasteiger partial charge in [-0.2, -0.15) is 0 Å². The van der Waals surface area contributed by atoms with Crippen LogP contribution in [0.3, 0.4) is 0 Å². The number of amides is 1. The topological polar surface area (TPSA) is 127 Å². The molecule has 0 heterocycles. The summed E-state index contributed by atoms with van der Waals surface area (Å²) in [6.45, 7) is 1.48. The number of carbonyl (C=O) groups excluding carboxylic acids is 1. The molecular weight excluding hydrogens is 336 g/mol. The molecule has 0 aliphatic heterocycles. The molecular formula is C15H14N2O6S. The highest BCUT2D eigenvalue weighted by Crippen LogP contribution is 2.27. The molecule has 0 saturated heterocycles. The first-order valence-electron chi connectivity index (χ1n) is 6.86. The zero-order valence-electron chi connectivity index (χ0n) is 12.6. The second-order valence-corrected chi connectivity index (χ2v) is 7.12. The molecule has 9 heteroatoms. The first-order valence-corrected chi connectivity index (χ1v) is 8.51. The van der Waals surface area contributed by atoms with Crippen molar-refractivity contribution in [1.29, 1.82) is 0 Å². The third-order valence-corrected chi connectivity index (χ3v) is 5.03. The van der Waals surface area contributed by atoms with Crippen molar-refractivity contribution in [2.45, 2.75) is 11.8 Å². The van der Waals surface area contributed by atoms with Gasteiger partial charge in [0.05, 0.1) is 21.3 Å². The smallest absolute Gasteiger partial charge is 0.269 e. The second kappa shape index (κ2) is 6.67. The van der Waals surface area contributed by atoms with Crippen molar-refractivity contribution in [3.63, 3.8) is 0 Å². The fraction of sp³-hybridized carbons (Fsp3) is 0.133. The lowest BCUT2D eigenvalue weighted by Crippen LogP contribution is -2.12. The van der Waals surface area contributed by atoms with Crippen LogP contribution in [0.25, 0.3) is 0 Å². The summed E-state index contributed by atoms with van der Waals surface area (Å²) in [4.78, 5) is 22.0. The van der Waals surface area contributed by atoms with Crippen LogP contribution >= 0.6 is 0 Å². The maximum atomic E-state index is 12.1. The van der Waals surface area contributed by atoms with E-state index in [0.717, 1.165) is 6.07 Å². The normalized spacial score (nSPS) is 11.0. The maximum Gasteiger partial charge on any atom is 0.269 e. The number of nitrogens with zero attached hydrogens (tertiary/aromatic N) is 1. The summed E-state index contributed by atoms with van der Waals surface area (Å²) in [5, 5.41) is 22.9. The molecule has 2 aromatic carbocycles. The minimum Gasteiger partial charge on any atom is -0.506 e. The van der Waals surface area contributed by atoms with E-state index in [-0.39, 0.29) is 33.3 Å². The molecule has 0 spiro atoms. The van der Waals surface area contributed by atoms with Gasteiger partial charge in [-0.3, -0.25) is 14.9 Å². The Kier molecular flexibility index (Phi) is 4.84. The Morgan fingerprint density at radius 3 is 2.33 bits per heavy atom. The molecule has 2 aromatic rings. The third kappa shape index (κ3) is 3.69. The Hall–Kier alpha value is -2.94. The van der Waals surface area contributed by atoms with Crippen molar-refractivity contribution in [2.75, 3.05) is 11.1 Å². The van der Waals surface area contributed by atoms with Crippen LogP contribution in [0, 0.1) is 10.1 Å². The van der Waals surface area contributed by atoms with Crippen LogP contribution in [-0.4, -0.2) is 30.1 Å². The fourth-order valence-corrected chi connectivity index (χ4v) is 2.81. The molecule has 0 fully saturated rings. The number of nitro groups is 1. The lowest BCUT2D eigenvalue weighted by atomic mass is 10.2. The molecule has 24 heavy (non-hydrogen) atoms.